The number of esters is 1. The van der Waals surface area contributed by atoms with Crippen LogP contribution in [-0.4, -0.2) is 216 Å². The number of nitrogens with zero attached hydrogens (tertiary/aromatic N) is 11. The molecular weight excluding hydrogens is 1240 g/mol. The van der Waals surface area contributed by atoms with E-state index in [-0.39, 0.29) is 74.3 Å². The molecule has 3 unspecified atom stereocenters. The molecule has 6 aliphatic rings. The fraction of sp³-hybridized carbons (Fsp3) is 0.482. The summed E-state index contributed by atoms with van der Waals surface area (Å²) in [6.07, 6.45) is 8.43. The van der Waals surface area contributed by atoms with Gasteiger partial charge in [-0.3, -0.25) is 9.80 Å². The van der Waals surface area contributed by atoms with Crippen molar-refractivity contribution in [3.05, 3.63) is 105 Å². The fourth-order valence-electron chi connectivity index (χ4n) is 9.06. The number of fused-ring (bicyclic) bond motifs is 3. The van der Waals surface area contributed by atoms with Gasteiger partial charge < -0.3 is 59.3 Å². The normalized spacial score (nSPS) is 18.4. The number of ether oxygens (including phenoxy) is 3. The molecule has 4 aromatic rings. The van der Waals surface area contributed by atoms with Gasteiger partial charge in [0.2, 0.25) is 0 Å². The van der Waals surface area contributed by atoms with E-state index in [9.17, 15) is 43.2 Å². The quantitative estimate of drug-likeness (QED) is 0.104. The third-order valence-corrected chi connectivity index (χ3v) is 13.9. The van der Waals surface area contributed by atoms with Gasteiger partial charge in [0.1, 0.15) is 34.0 Å². The standard InChI is InChI=1S/C17H22N4O5.C13H15N3O3.C11H19N3O3.C7H6BrNO2.C6H4BrNO2.2CH4/c1-17(2,3)26-16(25)19-6-7-20-12(9-19)10-21(15(20)24)11-4-5-13(14(22)23)18-8-11;17-12(18)11-5-4-9(7-14-11)16-8-10-3-1-2-6-15(10)13(16)19;1-11(2,3)17-10(16)13-4-5-14-8(7-13)6-12-9(14)15;1-11-7(10)6-3-2-5(8)4-9-6;7-4-1-2-5(6(9)10)8-3-4;;/h4-5,8,12H,6-7,9-10H2,1-3H3,(H,22,23);4-5,7,10H,1-3,6,8H2,(H,17,18);8H,4-7H2,1-3H3,(H,12,15);2-4H,1H3;1-3H,(H,9,10);2*1H4. The second-order valence-electron chi connectivity index (χ2n) is 21.3. The van der Waals surface area contributed by atoms with Crippen molar-refractivity contribution in [2.45, 2.75) is 105 Å². The van der Waals surface area contributed by atoms with Gasteiger partial charge in [-0.2, -0.15) is 0 Å². The molecule has 4 aromatic heterocycles. The van der Waals surface area contributed by atoms with Crippen molar-refractivity contribution < 1.29 is 72.7 Å². The molecule has 8 amide bonds. The van der Waals surface area contributed by atoms with Crippen LogP contribution in [0.1, 0.15) is 118 Å². The van der Waals surface area contributed by atoms with Crippen LogP contribution >= 0.6 is 31.9 Å². The number of hydrogen-bond acceptors (Lipinski definition) is 16. The van der Waals surface area contributed by atoms with Crippen LogP contribution in [0.25, 0.3) is 0 Å². The summed E-state index contributed by atoms with van der Waals surface area (Å²) in [4.78, 5) is 130. The number of nitrogens with one attached hydrogen (secondary N) is 1. The second-order valence-corrected chi connectivity index (χ2v) is 23.1. The minimum atomic E-state index is -1.12. The molecule has 0 saturated carbocycles. The van der Waals surface area contributed by atoms with Crippen molar-refractivity contribution in [2.24, 2.45) is 0 Å². The number of piperidine rings is 1. The van der Waals surface area contributed by atoms with Crippen LogP contribution in [0.3, 0.4) is 0 Å². The number of carboxylic acid groups (broad SMARTS) is 3. The maximum Gasteiger partial charge on any atom is 0.410 e. The predicted octanol–water partition coefficient (Wildman–Crippen LogP) is 8.29. The Morgan fingerprint density at radius 2 is 0.941 bits per heavy atom. The molecule has 0 bridgehead atoms. The summed E-state index contributed by atoms with van der Waals surface area (Å²) in [7, 11) is 1.33. The molecule has 29 heteroatoms. The summed E-state index contributed by atoms with van der Waals surface area (Å²) in [6, 6.07) is 12.5. The van der Waals surface area contributed by atoms with Gasteiger partial charge in [0.05, 0.1) is 49.0 Å². The molecule has 0 aromatic carbocycles. The monoisotopic (exact) mass is 1310 g/mol. The lowest BCUT2D eigenvalue weighted by molar-refractivity contribution is 0.0121. The zero-order valence-corrected chi connectivity index (χ0v) is 49.9. The van der Waals surface area contributed by atoms with Crippen LogP contribution in [-0.2, 0) is 14.2 Å². The molecule has 4 N–H and O–H groups in total. The largest absolute Gasteiger partial charge is 0.477 e. The van der Waals surface area contributed by atoms with E-state index in [1.54, 1.807) is 65.9 Å². The molecule has 6 saturated heterocycles. The maximum absolute atomic E-state index is 12.6. The minimum Gasteiger partial charge on any atom is -0.477 e. The van der Waals surface area contributed by atoms with Crippen LogP contribution in [0.15, 0.2) is 82.3 Å². The number of carboxylic acids is 3. The van der Waals surface area contributed by atoms with E-state index in [0.717, 1.165) is 28.3 Å². The molecule has 0 spiro atoms. The van der Waals surface area contributed by atoms with E-state index in [0.29, 0.717) is 82.0 Å². The van der Waals surface area contributed by atoms with Crippen LogP contribution in [0.4, 0.5) is 35.3 Å². The lowest BCUT2D eigenvalue weighted by Gasteiger charge is -2.37. The Hall–Kier alpha value is -8.21. The van der Waals surface area contributed by atoms with Gasteiger partial charge >= 0.3 is 54.2 Å². The Balaban J connectivity index is 0.000000236. The van der Waals surface area contributed by atoms with Crippen molar-refractivity contribution in [1.29, 1.82) is 0 Å². The molecule has 6 aliphatic heterocycles. The summed E-state index contributed by atoms with van der Waals surface area (Å²) in [6.45, 7) is 16.4. The molecule has 462 valence electrons. The van der Waals surface area contributed by atoms with Crippen molar-refractivity contribution >= 4 is 97.4 Å². The first-order valence-corrected chi connectivity index (χ1v) is 27.8. The first-order valence-electron chi connectivity index (χ1n) is 26.2. The number of urea groups is 3. The lowest BCUT2D eigenvalue weighted by atomic mass is 10.0. The van der Waals surface area contributed by atoms with Gasteiger partial charge in [0.15, 0.2) is 0 Å². The van der Waals surface area contributed by atoms with Gasteiger partial charge in [-0.25, -0.2) is 63.1 Å². The first-order chi connectivity index (χ1) is 39.1. The van der Waals surface area contributed by atoms with E-state index in [1.807, 2.05) is 46.4 Å². The molecule has 3 atom stereocenters. The molecule has 85 heavy (non-hydrogen) atoms. The van der Waals surface area contributed by atoms with Crippen LogP contribution in [0.5, 0.6) is 0 Å². The number of aromatic carboxylic acids is 3. The van der Waals surface area contributed by atoms with Crippen molar-refractivity contribution in [3.63, 3.8) is 0 Å². The molecule has 0 aliphatic carbocycles. The third kappa shape index (κ3) is 19.4. The van der Waals surface area contributed by atoms with E-state index < -0.39 is 35.1 Å². The summed E-state index contributed by atoms with van der Waals surface area (Å²) in [5, 5.41) is 28.9. The topological polar surface area (TPSA) is 328 Å². The van der Waals surface area contributed by atoms with Gasteiger partial charge in [0, 0.05) is 86.8 Å². The number of amides is 8. The number of carbonyl (C=O) groups excluding carboxylic acids is 6. The minimum absolute atomic E-state index is 0. The highest BCUT2D eigenvalue weighted by Crippen LogP contribution is 2.30. The summed E-state index contributed by atoms with van der Waals surface area (Å²) in [5.41, 5.74) is 0.463. The van der Waals surface area contributed by atoms with Crippen molar-refractivity contribution in [1.82, 2.24) is 49.8 Å². The number of anilines is 2. The molecule has 27 nitrogen and oxygen atoms in total. The summed E-state index contributed by atoms with van der Waals surface area (Å²) >= 11 is 6.34. The van der Waals surface area contributed by atoms with Gasteiger partial charge in [0.25, 0.3) is 0 Å². The zero-order valence-electron chi connectivity index (χ0n) is 46.8. The van der Waals surface area contributed by atoms with E-state index in [4.69, 9.17) is 24.8 Å². The third-order valence-electron chi connectivity index (χ3n) is 13.0. The SMILES string of the molecule is C.C.CC(C)(C)OC(=O)N1CCN2C(=O)N(c3ccc(C(=O)O)nc3)CC2C1.CC(C)(C)OC(=O)N1CCN2C(=O)NCC2C1.COC(=O)c1ccc(Br)cn1.O=C(O)c1ccc(Br)cn1.O=C(O)c1ccc(N2CC3CCCCN3C2=O)cn1. The predicted molar refractivity (Wildman–Crippen MR) is 318 cm³/mol. The number of pyridine rings is 4. The second kappa shape index (κ2) is 30.6. The number of carbonyl (C=O) groups is 9. The molecular formula is C56H74Br2N12O15. The fourth-order valence-corrected chi connectivity index (χ4v) is 9.53. The van der Waals surface area contributed by atoms with Crippen molar-refractivity contribution in [2.75, 3.05) is 82.4 Å². The van der Waals surface area contributed by atoms with Crippen LogP contribution < -0.4 is 15.1 Å². The van der Waals surface area contributed by atoms with E-state index in [1.165, 1.54) is 50.3 Å². The van der Waals surface area contributed by atoms with Crippen molar-refractivity contribution in [3.8, 4) is 0 Å². The summed E-state index contributed by atoms with van der Waals surface area (Å²) in [5.74, 6) is -3.60. The smallest absolute Gasteiger partial charge is 0.410 e. The Morgan fingerprint density at radius 3 is 1.34 bits per heavy atom. The van der Waals surface area contributed by atoms with Crippen LogP contribution in [0.2, 0.25) is 0 Å². The van der Waals surface area contributed by atoms with Gasteiger partial charge in [-0.05, 0) is 141 Å². The molecule has 6 fully saturated rings. The number of aromatic nitrogens is 4. The number of piperazine rings is 2. The highest BCUT2D eigenvalue weighted by atomic mass is 79.9. The Labute approximate surface area is 509 Å². The number of halogens is 2. The molecule has 0 radical (unpaired) electrons. The highest BCUT2D eigenvalue weighted by molar-refractivity contribution is 9.10. The van der Waals surface area contributed by atoms with Crippen LogP contribution in [0, 0.1) is 0 Å². The first kappa shape index (κ1) is 69.3. The average molecular weight is 1320 g/mol. The molecule has 10 rings (SSSR count). The highest BCUT2D eigenvalue weighted by Gasteiger charge is 2.44. The average Bonchev–Trinajstić information content (AvgIpc) is 2.64. The maximum atomic E-state index is 12.6. The van der Waals surface area contributed by atoms with E-state index >= 15 is 0 Å². The number of rotatable bonds is 6. The van der Waals surface area contributed by atoms with Gasteiger partial charge in [-0.15, -0.1) is 0 Å². The lowest BCUT2D eigenvalue weighted by Crippen LogP contribution is -2.54. The Morgan fingerprint density at radius 1 is 0.529 bits per heavy atom. The molecule has 10 heterocycles. The Kier molecular flexibility index (Phi) is 24.9. The van der Waals surface area contributed by atoms with Gasteiger partial charge in [-0.1, -0.05) is 14.9 Å². The summed E-state index contributed by atoms with van der Waals surface area (Å²) < 4.78 is 16.8. The van der Waals surface area contributed by atoms with E-state index in [2.05, 4.69) is 61.8 Å². The number of hydrogen-bond donors (Lipinski definition) is 4. The Bertz CT molecular complexity index is 2990. The number of methoxy groups -OCH3 is 1. The zero-order chi connectivity index (χ0) is 60.9.